The molecule has 6 heteroatoms. The number of aryl methyl sites for hydroxylation is 1. The van der Waals surface area contributed by atoms with Gasteiger partial charge in [-0.15, -0.1) is 0 Å². The lowest BCUT2D eigenvalue weighted by atomic mass is 10.1. The Morgan fingerprint density at radius 2 is 1.92 bits per heavy atom. The second kappa shape index (κ2) is 8.85. The number of carbonyl (C=O) groups excluding carboxylic acids is 1. The quantitative estimate of drug-likeness (QED) is 0.796. The first kappa shape index (κ1) is 18.5. The predicted molar refractivity (Wildman–Crippen MR) is 101 cm³/mol. The molecule has 1 aromatic carbocycles. The number of aromatic nitrogens is 2. The first-order valence-electron chi connectivity index (χ1n) is 9.32. The molecule has 0 spiro atoms. The Hall–Kier alpha value is -2.34. The number of ether oxygens (including phenoxy) is 1. The maximum Gasteiger partial charge on any atom is 0.227 e. The van der Waals surface area contributed by atoms with Crippen molar-refractivity contribution in [2.75, 3.05) is 33.3 Å². The van der Waals surface area contributed by atoms with Crippen LogP contribution in [0.3, 0.4) is 0 Å². The average Bonchev–Trinajstić information content (AvgIpc) is 2.99. The van der Waals surface area contributed by atoms with Crippen molar-refractivity contribution in [1.29, 1.82) is 0 Å². The highest BCUT2D eigenvalue weighted by Gasteiger charge is 2.19. The Bertz CT molecular complexity index is 711. The lowest BCUT2D eigenvalue weighted by molar-refractivity contribution is -0.130. The minimum Gasteiger partial charge on any atom is -0.497 e. The lowest BCUT2D eigenvalue weighted by Crippen LogP contribution is -2.36. The van der Waals surface area contributed by atoms with E-state index in [2.05, 4.69) is 23.1 Å². The molecule has 1 amide bonds. The van der Waals surface area contributed by atoms with E-state index in [1.807, 2.05) is 40.0 Å². The first-order chi connectivity index (χ1) is 12.7. The van der Waals surface area contributed by atoms with Crippen LogP contribution in [0.1, 0.15) is 24.5 Å². The molecule has 0 atom stereocenters. The maximum absolute atomic E-state index is 12.6. The summed E-state index contributed by atoms with van der Waals surface area (Å²) >= 11 is 0. The zero-order valence-electron chi connectivity index (χ0n) is 15.7. The summed E-state index contributed by atoms with van der Waals surface area (Å²) in [4.78, 5) is 17.1. The molecule has 2 heterocycles. The smallest absolute Gasteiger partial charge is 0.227 e. The number of hydrogen-bond donors (Lipinski definition) is 0. The summed E-state index contributed by atoms with van der Waals surface area (Å²) in [6.07, 6.45) is 5.52. The van der Waals surface area contributed by atoms with Crippen LogP contribution in [0.15, 0.2) is 36.7 Å². The van der Waals surface area contributed by atoms with Crippen LogP contribution in [0.25, 0.3) is 0 Å². The molecule has 0 saturated carbocycles. The van der Waals surface area contributed by atoms with Gasteiger partial charge >= 0.3 is 0 Å². The molecule has 0 bridgehead atoms. The fraction of sp³-hybridized carbons (Fsp3) is 0.500. The van der Waals surface area contributed by atoms with Gasteiger partial charge in [-0.1, -0.05) is 12.1 Å². The van der Waals surface area contributed by atoms with Crippen molar-refractivity contribution in [3.8, 4) is 5.75 Å². The Morgan fingerprint density at radius 3 is 2.62 bits per heavy atom. The summed E-state index contributed by atoms with van der Waals surface area (Å²) in [7, 11) is 1.65. The summed E-state index contributed by atoms with van der Waals surface area (Å²) in [5.41, 5.74) is 2.27. The molecule has 0 radical (unpaired) electrons. The van der Waals surface area contributed by atoms with Crippen LogP contribution in [0, 0.1) is 0 Å². The van der Waals surface area contributed by atoms with Gasteiger partial charge in [0.2, 0.25) is 5.91 Å². The van der Waals surface area contributed by atoms with E-state index in [1.165, 1.54) is 5.56 Å². The van der Waals surface area contributed by atoms with E-state index >= 15 is 0 Å². The number of nitrogens with zero attached hydrogens (tertiary/aromatic N) is 4. The lowest BCUT2D eigenvalue weighted by Gasteiger charge is -2.22. The van der Waals surface area contributed by atoms with Gasteiger partial charge < -0.3 is 9.64 Å². The molecular formula is C20H28N4O2. The van der Waals surface area contributed by atoms with Gasteiger partial charge in [0.1, 0.15) is 5.75 Å². The number of hydrogen-bond acceptors (Lipinski definition) is 4. The van der Waals surface area contributed by atoms with E-state index in [9.17, 15) is 4.79 Å². The minimum atomic E-state index is 0.204. The van der Waals surface area contributed by atoms with Crippen LogP contribution in [0.5, 0.6) is 5.75 Å². The van der Waals surface area contributed by atoms with Crippen molar-refractivity contribution in [3.05, 3.63) is 47.8 Å². The third-order valence-corrected chi connectivity index (χ3v) is 4.87. The topological polar surface area (TPSA) is 50.6 Å². The zero-order chi connectivity index (χ0) is 18.4. The fourth-order valence-corrected chi connectivity index (χ4v) is 3.33. The molecule has 26 heavy (non-hydrogen) atoms. The van der Waals surface area contributed by atoms with Crippen LogP contribution < -0.4 is 4.74 Å². The van der Waals surface area contributed by atoms with Crippen molar-refractivity contribution >= 4 is 5.91 Å². The third kappa shape index (κ3) is 4.85. The van der Waals surface area contributed by atoms with Crippen molar-refractivity contribution < 1.29 is 9.53 Å². The Labute approximate surface area is 155 Å². The largest absolute Gasteiger partial charge is 0.497 e. The van der Waals surface area contributed by atoms with Crippen molar-refractivity contribution in [1.82, 2.24) is 19.6 Å². The molecule has 1 saturated heterocycles. The molecule has 0 N–H and O–H groups in total. The number of rotatable bonds is 6. The summed E-state index contributed by atoms with van der Waals surface area (Å²) in [6.45, 7) is 7.44. The second-order valence-electron chi connectivity index (χ2n) is 6.74. The molecule has 2 aromatic rings. The van der Waals surface area contributed by atoms with Crippen molar-refractivity contribution in [2.45, 2.75) is 32.9 Å². The fourth-order valence-electron chi connectivity index (χ4n) is 3.33. The SMILES string of the molecule is CCn1cc(CN2CCCN(C(=O)Cc3ccc(OC)cc3)CC2)cn1. The monoisotopic (exact) mass is 356 g/mol. The number of amides is 1. The molecule has 1 fully saturated rings. The summed E-state index contributed by atoms with van der Waals surface area (Å²) in [6, 6.07) is 7.74. The van der Waals surface area contributed by atoms with Crippen LogP contribution in [0.2, 0.25) is 0 Å². The number of carbonyl (C=O) groups is 1. The number of methoxy groups -OCH3 is 1. The highest BCUT2D eigenvalue weighted by molar-refractivity contribution is 5.78. The third-order valence-electron chi connectivity index (χ3n) is 4.87. The molecule has 0 aliphatic carbocycles. The molecule has 0 unspecified atom stereocenters. The van der Waals surface area contributed by atoms with Gasteiger partial charge in [-0.3, -0.25) is 14.4 Å². The van der Waals surface area contributed by atoms with Crippen LogP contribution in [-0.2, 0) is 24.3 Å². The van der Waals surface area contributed by atoms with E-state index in [0.29, 0.717) is 6.42 Å². The van der Waals surface area contributed by atoms with E-state index in [1.54, 1.807) is 7.11 Å². The van der Waals surface area contributed by atoms with E-state index in [4.69, 9.17) is 4.74 Å². The van der Waals surface area contributed by atoms with E-state index in [0.717, 1.165) is 57.0 Å². The van der Waals surface area contributed by atoms with Crippen LogP contribution in [0.4, 0.5) is 0 Å². The molecule has 1 aliphatic rings. The minimum absolute atomic E-state index is 0.204. The van der Waals surface area contributed by atoms with Gasteiger partial charge in [0.15, 0.2) is 0 Å². The zero-order valence-corrected chi connectivity index (χ0v) is 15.7. The predicted octanol–water partition coefficient (Wildman–Crippen LogP) is 2.19. The molecule has 140 valence electrons. The second-order valence-corrected chi connectivity index (χ2v) is 6.74. The molecule has 3 rings (SSSR count). The summed E-state index contributed by atoms with van der Waals surface area (Å²) in [5, 5.41) is 4.34. The molecule has 6 nitrogen and oxygen atoms in total. The summed E-state index contributed by atoms with van der Waals surface area (Å²) < 4.78 is 7.13. The Balaban J connectivity index is 1.51. The Kier molecular flexibility index (Phi) is 6.28. The molecule has 1 aliphatic heterocycles. The Morgan fingerprint density at radius 1 is 1.12 bits per heavy atom. The maximum atomic E-state index is 12.6. The van der Waals surface area contributed by atoms with Gasteiger partial charge in [0.05, 0.1) is 19.7 Å². The van der Waals surface area contributed by atoms with Gasteiger partial charge in [0.25, 0.3) is 0 Å². The highest BCUT2D eigenvalue weighted by Crippen LogP contribution is 2.14. The standard InChI is InChI=1S/C20H28N4O2/c1-3-24-16-18(14-21-24)15-22-9-4-10-23(12-11-22)20(25)13-17-5-7-19(26-2)8-6-17/h5-8,14,16H,3-4,9-13,15H2,1-2H3. The molecule has 1 aromatic heterocycles. The van der Waals surface area contributed by atoms with E-state index in [-0.39, 0.29) is 5.91 Å². The normalized spacial score (nSPS) is 15.7. The van der Waals surface area contributed by atoms with Crippen molar-refractivity contribution in [2.24, 2.45) is 0 Å². The number of benzene rings is 1. The van der Waals surface area contributed by atoms with Gasteiger partial charge in [-0.2, -0.15) is 5.10 Å². The summed E-state index contributed by atoms with van der Waals surface area (Å²) in [5.74, 6) is 1.02. The molecular weight excluding hydrogens is 328 g/mol. The van der Waals surface area contributed by atoms with Gasteiger partial charge in [-0.05, 0) is 31.0 Å². The first-order valence-corrected chi connectivity index (χ1v) is 9.32. The average molecular weight is 356 g/mol. The van der Waals surface area contributed by atoms with Crippen LogP contribution >= 0.6 is 0 Å². The highest BCUT2D eigenvalue weighted by atomic mass is 16.5. The van der Waals surface area contributed by atoms with Gasteiger partial charge in [0, 0.05) is 51.0 Å². The van der Waals surface area contributed by atoms with Gasteiger partial charge in [-0.25, -0.2) is 0 Å². The van der Waals surface area contributed by atoms with Crippen molar-refractivity contribution in [3.63, 3.8) is 0 Å². The van der Waals surface area contributed by atoms with Crippen LogP contribution in [-0.4, -0.2) is 58.8 Å². The van der Waals surface area contributed by atoms with E-state index < -0.39 is 0 Å².